The average Bonchev–Trinajstić information content (AvgIpc) is 2.96. The Kier molecular flexibility index (Phi) is 13.9. The monoisotopic (exact) mass is 627 g/mol. The first kappa shape index (κ1) is 36.9. The van der Waals surface area contributed by atoms with Crippen LogP contribution in [0.2, 0.25) is 0 Å². The molecule has 43 heavy (non-hydrogen) atoms. The molecule has 2 heterocycles. The Morgan fingerprint density at radius 2 is 1.49 bits per heavy atom. The van der Waals surface area contributed by atoms with Gasteiger partial charge in [0.25, 0.3) is 0 Å². The van der Waals surface area contributed by atoms with Crippen molar-refractivity contribution in [3.8, 4) is 0 Å². The van der Waals surface area contributed by atoms with Gasteiger partial charge in [-0.2, -0.15) is 0 Å². The van der Waals surface area contributed by atoms with Crippen molar-refractivity contribution in [1.82, 2.24) is 10.2 Å². The highest BCUT2D eigenvalue weighted by Gasteiger charge is 2.55. The quantitative estimate of drug-likeness (QED) is 0.0848. The smallest absolute Gasteiger partial charge is 0.226 e. The van der Waals surface area contributed by atoms with E-state index in [-0.39, 0.29) is 6.29 Å². The van der Waals surface area contributed by atoms with Crippen LogP contribution in [0, 0.1) is 0 Å². The lowest BCUT2D eigenvalue weighted by molar-refractivity contribution is -0.347. The second-order valence-electron chi connectivity index (χ2n) is 10.2. The third kappa shape index (κ3) is 8.48. The number of hydrogen-bond acceptors (Lipinski definition) is 17. The highest BCUT2D eigenvalue weighted by molar-refractivity contribution is 5.93. The molecular formula is C24H41N3O16. The number of nitrogens with one attached hydrogen (secondary N) is 1. The zero-order chi connectivity index (χ0) is 32.8. The van der Waals surface area contributed by atoms with Gasteiger partial charge in [-0.3, -0.25) is 19.3 Å². The Bertz CT molecular complexity index is 946. The molecule has 2 saturated heterocycles. The van der Waals surface area contributed by atoms with Gasteiger partial charge in [0.15, 0.2) is 12.6 Å². The molecule has 0 saturated carbocycles. The number of aliphatic hydroxyl groups is 8. The van der Waals surface area contributed by atoms with Gasteiger partial charge in [0, 0.05) is 20.8 Å². The lowest BCUT2D eigenvalue weighted by Gasteiger charge is -2.50. The van der Waals surface area contributed by atoms with Crippen LogP contribution in [0.5, 0.6) is 0 Å². The van der Waals surface area contributed by atoms with Gasteiger partial charge >= 0.3 is 0 Å². The van der Waals surface area contributed by atoms with Gasteiger partial charge in [0.2, 0.25) is 17.7 Å². The van der Waals surface area contributed by atoms with E-state index in [9.17, 15) is 60.0 Å². The number of imide groups is 1. The van der Waals surface area contributed by atoms with Crippen molar-refractivity contribution in [2.45, 2.75) is 106 Å². The van der Waals surface area contributed by atoms with E-state index in [0.717, 1.165) is 20.8 Å². The van der Waals surface area contributed by atoms with Gasteiger partial charge in [-0.1, -0.05) is 0 Å². The molecule has 0 aromatic rings. The minimum absolute atomic E-state index is 0.123. The van der Waals surface area contributed by atoms with Gasteiger partial charge in [0.1, 0.15) is 73.3 Å². The van der Waals surface area contributed by atoms with Crippen molar-refractivity contribution in [1.29, 1.82) is 0 Å². The van der Waals surface area contributed by atoms with E-state index in [1.807, 2.05) is 0 Å². The molecule has 2 rings (SSSR count). The molecule has 2 fully saturated rings. The summed E-state index contributed by atoms with van der Waals surface area (Å²) in [6, 6.07) is -4.98. The largest absolute Gasteiger partial charge is 0.394 e. The van der Waals surface area contributed by atoms with Gasteiger partial charge in [-0.05, 0) is 0 Å². The van der Waals surface area contributed by atoms with Crippen molar-refractivity contribution in [2.75, 3.05) is 19.8 Å². The summed E-state index contributed by atoms with van der Waals surface area (Å²) in [5.74, 6) is -2.58. The van der Waals surface area contributed by atoms with E-state index in [4.69, 9.17) is 24.7 Å². The normalized spacial score (nSPS) is 35.7. The maximum Gasteiger partial charge on any atom is 0.226 e. The molecule has 0 radical (unpaired) electrons. The van der Waals surface area contributed by atoms with Crippen LogP contribution in [0.4, 0.5) is 0 Å². The Hall–Kier alpha value is -2.24. The summed E-state index contributed by atoms with van der Waals surface area (Å²) in [6.45, 7) is 0.230. The molecule has 19 heteroatoms. The number of nitrogens with zero attached hydrogens (tertiary/aromatic N) is 1. The molecule has 3 amide bonds. The second kappa shape index (κ2) is 16.2. The third-order valence-corrected chi connectivity index (χ3v) is 7.08. The number of hydrogen-bond donors (Lipinski definition) is 10. The summed E-state index contributed by atoms with van der Waals surface area (Å²) in [4.78, 5) is 48.6. The first-order chi connectivity index (χ1) is 20.1. The molecule has 0 spiro atoms. The van der Waals surface area contributed by atoms with E-state index >= 15 is 0 Å². The molecule has 0 aromatic heterocycles. The molecule has 0 aromatic carbocycles. The van der Waals surface area contributed by atoms with E-state index in [2.05, 4.69) is 5.32 Å². The summed E-state index contributed by atoms with van der Waals surface area (Å²) >= 11 is 0. The molecule has 14 atom stereocenters. The fraction of sp³-hybridized carbons (Fsp3) is 0.833. The molecule has 0 bridgehead atoms. The fourth-order valence-corrected chi connectivity index (χ4v) is 4.95. The van der Waals surface area contributed by atoms with E-state index in [1.165, 1.54) is 0 Å². The average molecular weight is 628 g/mol. The van der Waals surface area contributed by atoms with Crippen LogP contribution >= 0.6 is 0 Å². The predicted octanol–water partition coefficient (Wildman–Crippen LogP) is -7.22. The summed E-state index contributed by atoms with van der Waals surface area (Å²) in [5.41, 5.74) is 5.54. The number of aliphatic hydroxyl groups excluding tert-OH is 8. The Labute approximate surface area is 245 Å². The number of aldehydes is 1. The standard InChI is InChI=1S/C24H41N3O16/c1-8(32)26-15-19(38)18(37)13(6-30)40-23(15)43-22-14(7-31)41-24(16(20(22)39)27(9(2)33)10(3)34)42-21(12(35)5-29)17(36)11(25)4-28/h4,11-24,29-31,35-39H,5-7,25H2,1-3H3,(H,26,32)/t11-,12+,13+,14+,15+,16+,17+,18+,19+,20+,21+,22+,23-,24-/m0/s1. The molecule has 0 unspecified atom stereocenters. The highest BCUT2D eigenvalue weighted by Crippen LogP contribution is 2.33. The zero-order valence-electron chi connectivity index (χ0n) is 23.6. The minimum Gasteiger partial charge on any atom is -0.394 e. The molecule has 0 aliphatic carbocycles. The molecule has 11 N–H and O–H groups in total. The summed E-state index contributed by atoms with van der Waals surface area (Å²) < 4.78 is 22.7. The van der Waals surface area contributed by atoms with E-state index < -0.39 is 123 Å². The van der Waals surface area contributed by atoms with Gasteiger partial charge in [0.05, 0.1) is 25.9 Å². The number of ether oxygens (including phenoxy) is 4. The lowest BCUT2D eigenvalue weighted by Crippen LogP contribution is -2.70. The lowest BCUT2D eigenvalue weighted by atomic mass is 9.93. The fourth-order valence-electron chi connectivity index (χ4n) is 4.95. The van der Waals surface area contributed by atoms with Crippen LogP contribution in [-0.4, -0.2) is 175 Å². The first-order valence-corrected chi connectivity index (χ1v) is 13.3. The van der Waals surface area contributed by atoms with E-state index in [1.54, 1.807) is 0 Å². The number of nitrogens with two attached hydrogens (primary N) is 1. The Balaban J connectivity index is 2.56. The number of carbonyl (C=O) groups excluding carboxylic acids is 4. The summed E-state index contributed by atoms with van der Waals surface area (Å²) in [5, 5.41) is 84.7. The van der Waals surface area contributed by atoms with Crippen LogP contribution in [-0.2, 0) is 38.1 Å². The van der Waals surface area contributed by atoms with Crippen molar-refractivity contribution in [3.63, 3.8) is 0 Å². The van der Waals surface area contributed by atoms with Crippen LogP contribution in [0.15, 0.2) is 0 Å². The van der Waals surface area contributed by atoms with Gasteiger partial charge in [-0.15, -0.1) is 0 Å². The minimum atomic E-state index is -2.02. The van der Waals surface area contributed by atoms with Gasteiger partial charge in [-0.25, -0.2) is 0 Å². The molecule has 2 aliphatic rings. The Morgan fingerprint density at radius 3 is 1.95 bits per heavy atom. The van der Waals surface area contributed by atoms with Crippen LogP contribution in [0.1, 0.15) is 20.8 Å². The van der Waals surface area contributed by atoms with Crippen molar-refractivity contribution in [2.24, 2.45) is 5.73 Å². The number of carbonyl (C=O) groups is 4. The van der Waals surface area contributed by atoms with E-state index in [0.29, 0.717) is 4.90 Å². The Morgan fingerprint density at radius 1 is 0.930 bits per heavy atom. The highest BCUT2D eigenvalue weighted by atomic mass is 16.7. The first-order valence-electron chi connectivity index (χ1n) is 13.3. The summed E-state index contributed by atoms with van der Waals surface area (Å²) in [6.07, 6.45) is -19.5. The molecular weight excluding hydrogens is 586 g/mol. The maximum atomic E-state index is 12.5. The van der Waals surface area contributed by atoms with Crippen LogP contribution in [0.25, 0.3) is 0 Å². The molecule has 2 aliphatic heterocycles. The van der Waals surface area contributed by atoms with Gasteiger partial charge < -0.3 is 75.6 Å². The van der Waals surface area contributed by atoms with Crippen molar-refractivity contribution >= 4 is 24.0 Å². The molecule has 19 nitrogen and oxygen atoms in total. The van der Waals surface area contributed by atoms with Crippen molar-refractivity contribution < 1.29 is 79.0 Å². The predicted molar refractivity (Wildman–Crippen MR) is 137 cm³/mol. The van der Waals surface area contributed by atoms with Crippen LogP contribution < -0.4 is 11.1 Å². The topological polar surface area (TPSA) is 308 Å². The molecule has 248 valence electrons. The number of rotatable bonds is 13. The van der Waals surface area contributed by atoms with Crippen LogP contribution in [0.3, 0.4) is 0 Å². The SMILES string of the molecule is CC(=O)N[C@H]1[C@H](O[C@H]2[C@H](O)[C@@H](N(C(C)=O)C(C)=O)[C@H](O[C@@H]([C@H](O)[C@@H](N)C=O)[C@H](O)CO)O[C@@H]2CO)O[C@H](CO)[C@@H](O)[C@@H]1O. The third-order valence-electron chi connectivity index (χ3n) is 7.08. The maximum absolute atomic E-state index is 12.5. The number of amides is 3. The summed E-state index contributed by atoms with van der Waals surface area (Å²) in [7, 11) is 0. The van der Waals surface area contributed by atoms with Crippen molar-refractivity contribution in [3.05, 3.63) is 0 Å². The zero-order valence-corrected chi connectivity index (χ0v) is 23.6. The second-order valence-corrected chi connectivity index (χ2v) is 10.2.